The third-order valence-corrected chi connectivity index (χ3v) is 3.20. The van der Waals surface area contributed by atoms with Gasteiger partial charge in [0.1, 0.15) is 0 Å². The quantitative estimate of drug-likeness (QED) is 0.771. The van der Waals surface area contributed by atoms with E-state index >= 15 is 0 Å². The normalized spacial score (nSPS) is 15.4. The molecule has 3 rings (SSSR count). The number of hydrogen-bond donors (Lipinski definition) is 0. The molecule has 20 heavy (non-hydrogen) atoms. The van der Waals surface area contributed by atoms with Gasteiger partial charge in [0.2, 0.25) is 5.66 Å². The minimum atomic E-state index is -1.02. The first-order valence-corrected chi connectivity index (χ1v) is 6.28. The summed E-state index contributed by atoms with van der Waals surface area (Å²) in [5.74, 6) is -0.0331. The molecule has 0 unspecified atom stereocenters. The van der Waals surface area contributed by atoms with Crippen LogP contribution < -0.4 is 0 Å². The molecule has 1 heterocycles. The van der Waals surface area contributed by atoms with Crippen LogP contribution in [-0.4, -0.2) is 5.78 Å². The van der Waals surface area contributed by atoms with Crippen LogP contribution in [0.1, 0.15) is 22.3 Å². The lowest BCUT2D eigenvalue weighted by molar-refractivity contribution is 0.0952. The van der Waals surface area contributed by atoms with Gasteiger partial charge in [-0.05, 0) is 10.4 Å². The SMILES string of the molecule is O=C(CC1(c2ccccc2)N=NN=N1)c1ccccc1. The van der Waals surface area contributed by atoms with Gasteiger partial charge in [-0.1, -0.05) is 60.7 Å². The van der Waals surface area contributed by atoms with Crippen LogP contribution in [0.5, 0.6) is 0 Å². The molecule has 0 N–H and O–H groups in total. The molecule has 0 aromatic heterocycles. The Morgan fingerprint density at radius 1 is 0.850 bits per heavy atom. The maximum atomic E-state index is 12.4. The van der Waals surface area contributed by atoms with Crippen LogP contribution in [0, 0.1) is 0 Å². The van der Waals surface area contributed by atoms with Crippen LogP contribution in [0.2, 0.25) is 0 Å². The predicted molar refractivity (Wildman–Crippen MR) is 73.2 cm³/mol. The van der Waals surface area contributed by atoms with Crippen LogP contribution in [0.15, 0.2) is 81.3 Å². The van der Waals surface area contributed by atoms with Crippen LogP contribution in [0.4, 0.5) is 0 Å². The lowest BCUT2D eigenvalue weighted by Crippen LogP contribution is -2.23. The van der Waals surface area contributed by atoms with E-state index in [1.165, 1.54) is 0 Å². The molecule has 0 fully saturated rings. The van der Waals surface area contributed by atoms with Gasteiger partial charge < -0.3 is 0 Å². The van der Waals surface area contributed by atoms with Crippen LogP contribution in [0.25, 0.3) is 0 Å². The second-order valence-electron chi connectivity index (χ2n) is 4.53. The number of carbonyl (C=O) groups excluding carboxylic acids is 1. The van der Waals surface area contributed by atoms with Crippen molar-refractivity contribution < 1.29 is 4.79 Å². The third-order valence-electron chi connectivity index (χ3n) is 3.20. The highest BCUT2D eigenvalue weighted by molar-refractivity contribution is 5.96. The molecule has 5 heteroatoms. The van der Waals surface area contributed by atoms with E-state index in [1.807, 2.05) is 48.5 Å². The first-order chi connectivity index (χ1) is 9.80. The van der Waals surface area contributed by atoms with E-state index in [4.69, 9.17) is 0 Å². The Labute approximate surface area is 116 Å². The van der Waals surface area contributed by atoms with E-state index < -0.39 is 5.66 Å². The van der Waals surface area contributed by atoms with Gasteiger partial charge in [-0.25, -0.2) is 0 Å². The molecule has 2 aromatic carbocycles. The molecular weight excluding hydrogens is 252 g/mol. The molecule has 0 bridgehead atoms. The van der Waals surface area contributed by atoms with Crippen molar-refractivity contribution in [1.82, 2.24) is 0 Å². The van der Waals surface area contributed by atoms with Gasteiger partial charge in [0.25, 0.3) is 0 Å². The summed E-state index contributed by atoms with van der Waals surface area (Å²) in [6, 6.07) is 18.5. The summed E-state index contributed by atoms with van der Waals surface area (Å²) in [6.07, 6.45) is 0.119. The summed E-state index contributed by atoms with van der Waals surface area (Å²) in [6.45, 7) is 0. The van der Waals surface area contributed by atoms with Gasteiger partial charge in [-0.3, -0.25) is 4.79 Å². The minimum Gasteiger partial charge on any atom is -0.294 e. The molecule has 0 radical (unpaired) electrons. The fraction of sp³-hybridized carbons (Fsp3) is 0.133. The predicted octanol–water partition coefficient (Wildman–Crippen LogP) is 3.95. The molecule has 98 valence electrons. The minimum absolute atomic E-state index is 0.0331. The molecule has 5 nitrogen and oxygen atoms in total. The smallest absolute Gasteiger partial charge is 0.227 e. The zero-order valence-electron chi connectivity index (χ0n) is 10.7. The molecule has 0 saturated heterocycles. The number of ketones is 1. The van der Waals surface area contributed by atoms with Gasteiger partial charge >= 0.3 is 0 Å². The van der Waals surface area contributed by atoms with E-state index in [-0.39, 0.29) is 12.2 Å². The largest absolute Gasteiger partial charge is 0.294 e. The summed E-state index contributed by atoms with van der Waals surface area (Å²) < 4.78 is 0. The Morgan fingerprint density at radius 2 is 1.40 bits per heavy atom. The molecule has 0 atom stereocenters. The number of hydrogen-bond acceptors (Lipinski definition) is 5. The van der Waals surface area contributed by atoms with Crippen molar-refractivity contribution in [2.45, 2.75) is 12.1 Å². The number of rotatable bonds is 4. The fourth-order valence-corrected chi connectivity index (χ4v) is 2.15. The van der Waals surface area contributed by atoms with Crippen molar-refractivity contribution in [1.29, 1.82) is 0 Å². The molecular formula is C15H12N4O. The third kappa shape index (κ3) is 2.25. The van der Waals surface area contributed by atoms with Crippen molar-refractivity contribution in [3.8, 4) is 0 Å². The molecule has 0 aliphatic carbocycles. The summed E-state index contributed by atoms with van der Waals surface area (Å²) in [7, 11) is 0. The molecule has 0 saturated carbocycles. The standard InChI is InChI=1S/C15H12N4O/c20-14(12-7-3-1-4-8-12)11-15(16-18-19-17-15)13-9-5-2-6-10-13/h1-10H,11H2. The van der Waals surface area contributed by atoms with Crippen molar-refractivity contribution in [3.63, 3.8) is 0 Å². The van der Waals surface area contributed by atoms with E-state index in [0.717, 1.165) is 5.56 Å². The number of nitrogens with zero attached hydrogens (tertiary/aromatic N) is 4. The van der Waals surface area contributed by atoms with E-state index in [2.05, 4.69) is 20.7 Å². The van der Waals surface area contributed by atoms with Crippen LogP contribution >= 0.6 is 0 Å². The monoisotopic (exact) mass is 264 g/mol. The molecule has 1 aliphatic heterocycles. The van der Waals surface area contributed by atoms with Crippen molar-refractivity contribution in [2.24, 2.45) is 20.7 Å². The molecule has 1 aliphatic rings. The highest BCUT2D eigenvalue weighted by atomic mass is 16.1. The molecule has 2 aromatic rings. The Kier molecular flexibility index (Phi) is 3.16. The highest BCUT2D eigenvalue weighted by Crippen LogP contribution is 2.36. The second-order valence-corrected chi connectivity index (χ2v) is 4.53. The maximum absolute atomic E-state index is 12.4. The van der Waals surface area contributed by atoms with E-state index in [1.54, 1.807) is 12.1 Å². The average molecular weight is 264 g/mol. The first-order valence-electron chi connectivity index (χ1n) is 6.28. The summed E-state index contributed by atoms with van der Waals surface area (Å²) in [5, 5.41) is 15.3. The number of carbonyl (C=O) groups is 1. The summed E-state index contributed by atoms with van der Waals surface area (Å²) in [4.78, 5) is 12.4. The van der Waals surface area contributed by atoms with Crippen molar-refractivity contribution in [2.75, 3.05) is 0 Å². The van der Waals surface area contributed by atoms with Gasteiger partial charge in [-0.15, -0.1) is 10.2 Å². The van der Waals surface area contributed by atoms with Gasteiger partial charge in [0.15, 0.2) is 5.78 Å². The topological polar surface area (TPSA) is 66.5 Å². The Morgan fingerprint density at radius 3 is 2.00 bits per heavy atom. The fourth-order valence-electron chi connectivity index (χ4n) is 2.15. The van der Waals surface area contributed by atoms with Gasteiger partial charge in [0, 0.05) is 11.1 Å². The Balaban J connectivity index is 1.92. The Hall–Kier alpha value is -2.69. The zero-order valence-corrected chi connectivity index (χ0v) is 10.7. The van der Waals surface area contributed by atoms with Crippen molar-refractivity contribution >= 4 is 5.78 Å². The van der Waals surface area contributed by atoms with Crippen LogP contribution in [0.3, 0.4) is 0 Å². The van der Waals surface area contributed by atoms with Crippen molar-refractivity contribution in [3.05, 3.63) is 71.8 Å². The number of Topliss-reactive ketones (excluding diaryl/α,β-unsaturated/α-hetero) is 1. The molecule has 0 spiro atoms. The lowest BCUT2D eigenvalue weighted by atomic mass is 9.93. The lowest BCUT2D eigenvalue weighted by Gasteiger charge is -2.19. The average Bonchev–Trinajstić information content (AvgIpc) is 2.99. The maximum Gasteiger partial charge on any atom is 0.227 e. The van der Waals surface area contributed by atoms with E-state index in [9.17, 15) is 4.79 Å². The van der Waals surface area contributed by atoms with Gasteiger partial charge in [-0.2, -0.15) is 0 Å². The first kappa shape index (κ1) is 12.3. The number of benzene rings is 2. The highest BCUT2D eigenvalue weighted by Gasteiger charge is 2.38. The van der Waals surface area contributed by atoms with E-state index in [0.29, 0.717) is 5.56 Å². The zero-order chi connectivity index (χ0) is 13.8. The Bertz CT molecular complexity index is 653. The van der Waals surface area contributed by atoms with Crippen LogP contribution in [-0.2, 0) is 5.66 Å². The van der Waals surface area contributed by atoms with Gasteiger partial charge in [0.05, 0.1) is 6.42 Å². The summed E-state index contributed by atoms with van der Waals surface area (Å²) in [5.41, 5.74) is 0.433. The molecule has 0 amide bonds. The summed E-state index contributed by atoms with van der Waals surface area (Å²) >= 11 is 0. The second kappa shape index (κ2) is 5.13.